The van der Waals surface area contributed by atoms with Crippen LogP contribution in [-0.2, 0) is 10.1 Å². The van der Waals surface area contributed by atoms with E-state index in [9.17, 15) is 8.42 Å². The molecule has 0 saturated carbocycles. The van der Waals surface area contributed by atoms with Crippen molar-refractivity contribution in [2.24, 2.45) is 0 Å². The summed E-state index contributed by atoms with van der Waals surface area (Å²) in [6.45, 7) is 3.11. The van der Waals surface area contributed by atoms with Crippen LogP contribution in [0.4, 0.5) is 0 Å². The van der Waals surface area contributed by atoms with Gasteiger partial charge in [0, 0.05) is 13.1 Å². The lowest BCUT2D eigenvalue weighted by Gasteiger charge is -2.09. The van der Waals surface area contributed by atoms with Crippen molar-refractivity contribution in [3.63, 3.8) is 0 Å². The first-order valence-corrected chi connectivity index (χ1v) is 8.44. The highest BCUT2D eigenvalue weighted by Gasteiger charge is 2.03. The van der Waals surface area contributed by atoms with Crippen LogP contribution in [-0.4, -0.2) is 36.9 Å². The quantitative estimate of drug-likeness (QED) is 0.323. The smallest absolute Gasteiger partial charge is 0.266 e. The van der Waals surface area contributed by atoms with Gasteiger partial charge in [0.15, 0.2) is 5.11 Å². The zero-order valence-electron chi connectivity index (χ0n) is 10.9. The fourth-order valence-electron chi connectivity index (χ4n) is 1.46. The number of unbranched alkanes of at least 4 members (excludes halogenated alkanes) is 5. The van der Waals surface area contributed by atoms with Crippen molar-refractivity contribution >= 4 is 27.4 Å². The summed E-state index contributed by atoms with van der Waals surface area (Å²) in [6.07, 6.45) is 7.32. The molecular formula is C11H24N2O3S2. The molecule has 0 heterocycles. The molecule has 0 aromatic heterocycles. The van der Waals surface area contributed by atoms with Gasteiger partial charge in [0.05, 0.1) is 5.75 Å². The molecule has 0 atom stereocenters. The summed E-state index contributed by atoms with van der Waals surface area (Å²) in [7, 11) is -3.91. The van der Waals surface area contributed by atoms with Crippen molar-refractivity contribution in [2.75, 3.05) is 18.8 Å². The maximum absolute atomic E-state index is 10.5. The third-order valence-electron chi connectivity index (χ3n) is 2.46. The molecule has 0 fully saturated rings. The average molecular weight is 296 g/mol. The maximum Gasteiger partial charge on any atom is 0.266 e. The van der Waals surface area contributed by atoms with Crippen molar-refractivity contribution < 1.29 is 13.0 Å². The maximum atomic E-state index is 10.5. The van der Waals surface area contributed by atoms with Crippen molar-refractivity contribution in [3.05, 3.63) is 0 Å². The van der Waals surface area contributed by atoms with Gasteiger partial charge in [0.2, 0.25) is 0 Å². The van der Waals surface area contributed by atoms with Gasteiger partial charge in [-0.25, -0.2) is 0 Å². The molecule has 108 valence electrons. The van der Waals surface area contributed by atoms with Crippen LogP contribution >= 0.6 is 12.2 Å². The van der Waals surface area contributed by atoms with E-state index in [1.54, 1.807) is 0 Å². The first kappa shape index (κ1) is 17.6. The Balaban J connectivity index is 3.32. The van der Waals surface area contributed by atoms with Crippen LogP contribution in [0.2, 0.25) is 0 Å². The topological polar surface area (TPSA) is 78.4 Å². The van der Waals surface area contributed by atoms with Crippen LogP contribution in [0.25, 0.3) is 0 Å². The fourth-order valence-corrected chi connectivity index (χ4v) is 2.03. The molecule has 0 aliphatic carbocycles. The van der Waals surface area contributed by atoms with E-state index in [1.165, 1.54) is 32.1 Å². The van der Waals surface area contributed by atoms with Crippen LogP contribution < -0.4 is 10.6 Å². The van der Waals surface area contributed by atoms with Crippen LogP contribution in [0.15, 0.2) is 0 Å². The van der Waals surface area contributed by atoms with Gasteiger partial charge in [-0.1, -0.05) is 39.0 Å². The molecular weight excluding hydrogens is 272 g/mol. The van der Waals surface area contributed by atoms with Gasteiger partial charge >= 0.3 is 0 Å². The molecule has 0 aromatic carbocycles. The molecule has 0 amide bonds. The Kier molecular flexibility index (Phi) is 10.3. The van der Waals surface area contributed by atoms with E-state index < -0.39 is 10.1 Å². The van der Waals surface area contributed by atoms with E-state index in [0.29, 0.717) is 5.11 Å². The lowest BCUT2D eigenvalue weighted by molar-refractivity contribution is 0.482. The third-order valence-corrected chi connectivity index (χ3v) is 3.47. The minimum Gasteiger partial charge on any atom is -0.363 e. The van der Waals surface area contributed by atoms with E-state index in [2.05, 4.69) is 17.6 Å². The molecule has 3 N–H and O–H groups in total. The van der Waals surface area contributed by atoms with Gasteiger partial charge in [-0.05, 0) is 18.6 Å². The number of nitrogens with one attached hydrogen (secondary N) is 2. The monoisotopic (exact) mass is 296 g/mol. The predicted molar refractivity (Wildman–Crippen MR) is 78.4 cm³/mol. The molecule has 18 heavy (non-hydrogen) atoms. The van der Waals surface area contributed by atoms with Crippen LogP contribution in [0.5, 0.6) is 0 Å². The van der Waals surface area contributed by atoms with E-state index in [-0.39, 0.29) is 12.3 Å². The second-order valence-corrected chi connectivity index (χ2v) is 6.22. The Morgan fingerprint density at radius 1 is 1.06 bits per heavy atom. The first-order valence-electron chi connectivity index (χ1n) is 6.42. The molecule has 0 saturated heterocycles. The van der Waals surface area contributed by atoms with Gasteiger partial charge in [-0.15, -0.1) is 0 Å². The van der Waals surface area contributed by atoms with Crippen LogP contribution in [0.1, 0.15) is 45.4 Å². The number of hydrogen-bond acceptors (Lipinski definition) is 3. The Labute approximate surface area is 115 Å². The molecule has 0 radical (unpaired) electrons. The molecule has 0 bridgehead atoms. The summed E-state index contributed by atoms with van der Waals surface area (Å²) in [5, 5.41) is 6.17. The zero-order valence-corrected chi connectivity index (χ0v) is 12.6. The van der Waals surface area contributed by atoms with Crippen molar-refractivity contribution in [1.82, 2.24) is 10.6 Å². The molecule has 0 spiro atoms. The number of thiocarbonyl (C=S) groups is 1. The van der Waals surface area contributed by atoms with E-state index in [1.807, 2.05) is 0 Å². The predicted octanol–water partition coefficient (Wildman–Crippen LogP) is 1.70. The van der Waals surface area contributed by atoms with Crippen LogP contribution in [0.3, 0.4) is 0 Å². The minimum absolute atomic E-state index is 0.126. The Hall–Kier alpha value is -0.400. The fraction of sp³-hybridized carbons (Fsp3) is 0.909. The Morgan fingerprint density at radius 3 is 2.22 bits per heavy atom. The first-order chi connectivity index (χ1) is 8.45. The summed E-state index contributed by atoms with van der Waals surface area (Å²) in [4.78, 5) is 0. The second-order valence-electron chi connectivity index (χ2n) is 4.24. The van der Waals surface area contributed by atoms with Crippen molar-refractivity contribution in [3.8, 4) is 0 Å². The lowest BCUT2D eigenvalue weighted by atomic mass is 10.1. The lowest BCUT2D eigenvalue weighted by Crippen LogP contribution is -2.38. The molecule has 0 aliphatic heterocycles. The normalized spacial score (nSPS) is 11.2. The second kappa shape index (κ2) is 10.5. The molecule has 5 nitrogen and oxygen atoms in total. The summed E-state index contributed by atoms with van der Waals surface area (Å²) < 4.78 is 29.4. The van der Waals surface area contributed by atoms with Crippen molar-refractivity contribution in [1.29, 1.82) is 0 Å². The standard InChI is InChI=1S/C11H24N2O3S2/c1-2-3-4-5-6-7-8-12-11(17)13-9-10-18(14,15)16/h2-10H2,1H3,(H2,12,13,17)(H,14,15,16). The minimum atomic E-state index is -3.91. The molecule has 0 aliphatic rings. The van der Waals surface area contributed by atoms with Gasteiger partial charge in [0.25, 0.3) is 10.1 Å². The largest absolute Gasteiger partial charge is 0.363 e. The van der Waals surface area contributed by atoms with Crippen LogP contribution in [0, 0.1) is 0 Å². The van der Waals surface area contributed by atoms with Gasteiger partial charge in [-0.3, -0.25) is 4.55 Å². The zero-order chi connectivity index (χ0) is 13.9. The summed E-state index contributed by atoms with van der Waals surface area (Å²) in [5.41, 5.74) is 0. The summed E-state index contributed by atoms with van der Waals surface area (Å²) in [5.74, 6) is -0.328. The van der Waals surface area contributed by atoms with Crippen molar-refractivity contribution in [2.45, 2.75) is 45.4 Å². The number of rotatable bonds is 10. The van der Waals surface area contributed by atoms with Gasteiger partial charge < -0.3 is 10.6 Å². The Morgan fingerprint density at radius 2 is 1.61 bits per heavy atom. The Bertz CT molecular complexity index is 318. The van der Waals surface area contributed by atoms with E-state index in [0.717, 1.165) is 13.0 Å². The molecule has 0 rings (SSSR count). The van der Waals surface area contributed by atoms with Gasteiger partial charge in [-0.2, -0.15) is 8.42 Å². The molecule has 0 aromatic rings. The summed E-state index contributed by atoms with van der Waals surface area (Å²) in [6, 6.07) is 0. The van der Waals surface area contributed by atoms with Gasteiger partial charge in [0.1, 0.15) is 0 Å². The average Bonchev–Trinajstić information content (AvgIpc) is 2.26. The highest BCUT2D eigenvalue weighted by atomic mass is 32.2. The number of hydrogen-bond donors (Lipinski definition) is 3. The third kappa shape index (κ3) is 13.7. The SMILES string of the molecule is CCCCCCCCNC(=S)NCCS(=O)(=O)O. The summed E-state index contributed by atoms with van der Waals surface area (Å²) >= 11 is 4.96. The molecule has 0 unspecified atom stereocenters. The highest BCUT2D eigenvalue weighted by Crippen LogP contribution is 2.03. The highest BCUT2D eigenvalue weighted by molar-refractivity contribution is 7.85. The van der Waals surface area contributed by atoms with E-state index >= 15 is 0 Å². The molecule has 7 heteroatoms. The van der Waals surface area contributed by atoms with E-state index in [4.69, 9.17) is 16.8 Å².